The summed E-state index contributed by atoms with van der Waals surface area (Å²) >= 11 is 6.09. The third-order valence-electron chi connectivity index (χ3n) is 5.32. The molecule has 1 aliphatic heterocycles. The van der Waals surface area contributed by atoms with E-state index in [2.05, 4.69) is 16.0 Å². The first kappa shape index (κ1) is 20.7. The van der Waals surface area contributed by atoms with Crippen LogP contribution >= 0.6 is 11.6 Å². The Morgan fingerprint density at radius 3 is 3.00 bits per heavy atom. The largest absolute Gasteiger partial charge is 0.492 e. The lowest BCUT2D eigenvalue weighted by Crippen LogP contribution is -2.35. The van der Waals surface area contributed by atoms with Crippen LogP contribution in [0.3, 0.4) is 0 Å². The van der Waals surface area contributed by atoms with E-state index in [-0.39, 0.29) is 12.0 Å². The number of hydrogen-bond acceptors (Lipinski definition) is 4. The van der Waals surface area contributed by atoms with Gasteiger partial charge >= 0.3 is 0 Å². The van der Waals surface area contributed by atoms with E-state index in [1.807, 2.05) is 43.3 Å². The summed E-state index contributed by atoms with van der Waals surface area (Å²) in [6, 6.07) is 13.7. The van der Waals surface area contributed by atoms with Crippen molar-refractivity contribution in [1.82, 2.24) is 14.9 Å². The van der Waals surface area contributed by atoms with Gasteiger partial charge in [-0.25, -0.2) is 4.98 Å². The summed E-state index contributed by atoms with van der Waals surface area (Å²) in [5.74, 6) is 1.70. The number of para-hydroxylation sites is 2. The number of halogens is 1. The Bertz CT molecular complexity index is 1030. The third-order valence-corrected chi connectivity index (χ3v) is 5.74. The van der Waals surface area contributed by atoms with Crippen LogP contribution < -0.4 is 10.1 Å². The molecule has 1 aliphatic rings. The number of nitrogens with zero attached hydrogens (tertiary/aromatic N) is 2. The molecule has 7 heteroatoms. The molecule has 0 bridgehead atoms. The summed E-state index contributed by atoms with van der Waals surface area (Å²) in [6.07, 6.45) is 2.08. The summed E-state index contributed by atoms with van der Waals surface area (Å²) in [4.78, 5) is 16.9. The number of benzene rings is 2. The topological polar surface area (TPSA) is 65.4 Å². The molecule has 1 aromatic heterocycles. The van der Waals surface area contributed by atoms with E-state index in [1.165, 1.54) is 0 Å². The van der Waals surface area contributed by atoms with Crippen LogP contribution in [0.15, 0.2) is 42.5 Å². The van der Waals surface area contributed by atoms with Crippen molar-refractivity contribution in [2.75, 3.05) is 19.8 Å². The van der Waals surface area contributed by atoms with Gasteiger partial charge < -0.3 is 19.4 Å². The van der Waals surface area contributed by atoms with Crippen molar-refractivity contribution in [3.63, 3.8) is 0 Å². The highest BCUT2D eigenvalue weighted by molar-refractivity contribution is 6.31. The maximum atomic E-state index is 12.2. The predicted molar refractivity (Wildman–Crippen MR) is 117 cm³/mol. The van der Waals surface area contributed by atoms with E-state index < -0.39 is 0 Å². The molecule has 3 aromatic rings. The molecular weight excluding hydrogens is 402 g/mol. The molecular formula is C23H26ClN3O3. The highest BCUT2D eigenvalue weighted by Crippen LogP contribution is 2.22. The van der Waals surface area contributed by atoms with Crippen LogP contribution in [0.2, 0.25) is 5.02 Å². The maximum absolute atomic E-state index is 12.2. The molecule has 0 saturated carbocycles. The zero-order valence-corrected chi connectivity index (χ0v) is 17.8. The van der Waals surface area contributed by atoms with Crippen LogP contribution in [0.5, 0.6) is 5.75 Å². The number of rotatable bonds is 8. The van der Waals surface area contributed by atoms with Gasteiger partial charge in [-0.3, -0.25) is 4.79 Å². The fraction of sp³-hybridized carbons (Fsp3) is 0.391. The summed E-state index contributed by atoms with van der Waals surface area (Å²) < 4.78 is 13.5. The Kier molecular flexibility index (Phi) is 6.55. The minimum absolute atomic E-state index is 0.0309. The first-order valence-electron chi connectivity index (χ1n) is 10.3. The lowest BCUT2D eigenvalue weighted by atomic mass is 10.2. The zero-order chi connectivity index (χ0) is 20.9. The van der Waals surface area contributed by atoms with E-state index in [0.29, 0.717) is 32.7 Å². The van der Waals surface area contributed by atoms with Gasteiger partial charge in [0.25, 0.3) is 0 Å². The number of imidazole rings is 1. The zero-order valence-electron chi connectivity index (χ0n) is 17.1. The van der Waals surface area contributed by atoms with Gasteiger partial charge in [-0.15, -0.1) is 0 Å². The molecule has 0 radical (unpaired) electrons. The molecule has 1 atom stereocenters. The van der Waals surface area contributed by atoms with Crippen LogP contribution in [0, 0.1) is 6.92 Å². The Morgan fingerprint density at radius 1 is 1.33 bits per heavy atom. The molecule has 30 heavy (non-hydrogen) atoms. The Balaban J connectivity index is 1.40. The number of amides is 1. The predicted octanol–water partition coefficient (Wildman–Crippen LogP) is 3.91. The average molecular weight is 428 g/mol. The van der Waals surface area contributed by atoms with Crippen LogP contribution in [0.25, 0.3) is 11.0 Å². The van der Waals surface area contributed by atoms with E-state index >= 15 is 0 Å². The lowest BCUT2D eigenvalue weighted by Gasteiger charge is -2.13. The van der Waals surface area contributed by atoms with E-state index in [0.717, 1.165) is 46.0 Å². The summed E-state index contributed by atoms with van der Waals surface area (Å²) in [6.45, 7) is 4.33. The lowest BCUT2D eigenvalue weighted by molar-refractivity contribution is -0.130. The molecule has 0 spiro atoms. The van der Waals surface area contributed by atoms with E-state index in [9.17, 15) is 4.79 Å². The normalized spacial score (nSPS) is 16.1. The van der Waals surface area contributed by atoms with Crippen LogP contribution in [0.4, 0.5) is 0 Å². The Labute approximate surface area is 181 Å². The van der Waals surface area contributed by atoms with Gasteiger partial charge in [0.05, 0.1) is 17.6 Å². The van der Waals surface area contributed by atoms with E-state index in [1.54, 1.807) is 0 Å². The summed E-state index contributed by atoms with van der Waals surface area (Å²) in [5.41, 5.74) is 3.00. The maximum Gasteiger partial charge on any atom is 0.249 e. The molecule has 1 unspecified atom stereocenters. The smallest absolute Gasteiger partial charge is 0.249 e. The van der Waals surface area contributed by atoms with Crippen LogP contribution in [0.1, 0.15) is 24.2 Å². The quantitative estimate of drug-likeness (QED) is 0.591. The fourth-order valence-corrected chi connectivity index (χ4v) is 3.84. The second-order valence-corrected chi connectivity index (χ2v) is 7.88. The Hall–Kier alpha value is -2.57. The number of aromatic nitrogens is 2. The highest BCUT2D eigenvalue weighted by Gasteiger charge is 2.23. The van der Waals surface area contributed by atoms with Gasteiger partial charge in [0, 0.05) is 24.6 Å². The van der Waals surface area contributed by atoms with Crippen LogP contribution in [-0.2, 0) is 22.5 Å². The molecule has 158 valence electrons. The molecule has 2 aromatic carbocycles. The van der Waals surface area contributed by atoms with Gasteiger partial charge in [-0.2, -0.15) is 0 Å². The number of ether oxygens (including phenoxy) is 2. The standard InChI is InChI=1S/C23H26ClN3O3/c1-16-15-17(8-9-18(16)24)29-14-12-27-20-6-3-2-5-19(20)26-22(27)10-11-25-23(28)21-7-4-13-30-21/h2-3,5-6,8-9,15,21H,4,7,10-14H2,1H3,(H,25,28). The molecule has 2 heterocycles. The first-order valence-corrected chi connectivity index (χ1v) is 10.7. The second kappa shape index (κ2) is 9.49. The fourth-order valence-electron chi connectivity index (χ4n) is 3.72. The van der Waals surface area contributed by atoms with Gasteiger partial charge in [0.1, 0.15) is 24.3 Å². The number of carbonyl (C=O) groups is 1. The van der Waals surface area contributed by atoms with Crippen molar-refractivity contribution < 1.29 is 14.3 Å². The van der Waals surface area contributed by atoms with Gasteiger partial charge in [-0.1, -0.05) is 23.7 Å². The summed E-state index contributed by atoms with van der Waals surface area (Å²) in [7, 11) is 0. The molecule has 1 saturated heterocycles. The third kappa shape index (κ3) is 4.77. The molecule has 6 nitrogen and oxygen atoms in total. The number of fused-ring (bicyclic) bond motifs is 1. The van der Waals surface area contributed by atoms with Crippen molar-refractivity contribution in [1.29, 1.82) is 0 Å². The van der Waals surface area contributed by atoms with Crippen molar-refractivity contribution in [2.45, 2.75) is 38.8 Å². The van der Waals surface area contributed by atoms with Gasteiger partial charge in [0.15, 0.2) is 0 Å². The Morgan fingerprint density at radius 2 is 2.20 bits per heavy atom. The van der Waals surface area contributed by atoms with Gasteiger partial charge in [-0.05, 0) is 55.7 Å². The number of carbonyl (C=O) groups excluding carboxylic acids is 1. The molecule has 0 aliphatic carbocycles. The summed E-state index contributed by atoms with van der Waals surface area (Å²) in [5, 5.41) is 3.71. The SMILES string of the molecule is Cc1cc(OCCn2c(CCNC(=O)C3CCCO3)nc3ccccc32)ccc1Cl. The molecule has 4 rings (SSSR count). The number of aryl methyl sites for hydroxylation is 1. The van der Waals surface area contributed by atoms with Crippen molar-refractivity contribution >= 4 is 28.5 Å². The van der Waals surface area contributed by atoms with Crippen LogP contribution in [-0.4, -0.2) is 41.3 Å². The monoisotopic (exact) mass is 427 g/mol. The van der Waals surface area contributed by atoms with Crippen molar-refractivity contribution in [3.05, 3.63) is 58.9 Å². The first-order chi connectivity index (χ1) is 14.6. The molecule has 1 amide bonds. The highest BCUT2D eigenvalue weighted by atomic mass is 35.5. The number of nitrogens with one attached hydrogen (secondary N) is 1. The van der Waals surface area contributed by atoms with Crippen molar-refractivity contribution in [2.24, 2.45) is 0 Å². The van der Waals surface area contributed by atoms with E-state index in [4.69, 9.17) is 26.1 Å². The number of hydrogen-bond donors (Lipinski definition) is 1. The average Bonchev–Trinajstić information content (AvgIpc) is 3.39. The van der Waals surface area contributed by atoms with Gasteiger partial charge in [0.2, 0.25) is 5.91 Å². The van der Waals surface area contributed by atoms with Crippen molar-refractivity contribution in [3.8, 4) is 5.75 Å². The second-order valence-electron chi connectivity index (χ2n) is 7.47. The minimum atomic E-state index is -0.306. The molecule has 1 fully saturated rings. The minimum Gasteiger partial charge on any atom is -0.492 e. The molecule has 1 N–H and O–H groups in total.